The molecule has 0 atom stereocenters. The van der Waals surface area contributed by atoms with Crippen molar-refractivity contribution >= 4 is 11.6 Å². The number of carbonyl (C=O) groups excluding carboxylic acids is 1. The lowest BCUT2D eigenvalue weighted by Gasteiger charge is -2.11. The molecule has 0 aliphatic heterocycles. The summed E-state index contributed by atoms with van der Waals surface area (Å²) in [6, 6.07) is 15.0. The molecule has 1 N–H and O–H groups in total. The number of amides is 1. The van der Waals surface area contributed by atoms with E-state index in [4.69, 9.17) is 4.74 Å². The quantitative estimate of drug-likeness (QED) is 0.889. The van der Waals surface area contributed by atoms with E-state index in [0.29, 0.717) is 18.1 Å². The molecule has 0 radical (unpaired) electrons. The first-order valence-corrected chi connectivity index (χ1v) is 7.16. The van der Waals surface area contributed by atoms with Crippen LogP contribution in [-0.4, -0.2) is 12.5 Å². The van der Waals surface area contributed by atoms with Crippen molar-refractivity contribution in [3.05, 3.63) is 59.7 Å². The molecule has 3 nitrogen and oxygen atoms in total. The lowest BCUT2D eigenvalue weighted by Crippen LogP contribution is -2.13. The fourth-order valence-corrected chi connectivity index (χ4v) is 1.95. The molecule has 0 unspecified atom stereocenters. The first-order chi connectivity index (χ1) is 10.1. The lowest BCUT2D eigenvalue weighted by molar-refractivity contribution is 0.102. The molecule has 3 heteroatoms. The highest BCUT2D eigenvalue weighted by molar-refractivity contribution is 6.05. The van der Waals surface area contributed by atoms with E-state index in [-0.39, 0.29) is 5.91 Å². The van der Waals surface area contributed by atoms with E-state index in [2.05, 4.69) is 19.2 Å². The highest BCUT2D eigenvalue weighted by atomic mass is 16.5. The summed E-state index contributed by atoms with van der Waals surface area (Å²) < 4.78 is 5.67. The Bertz CT molecular complexity index is 620. The zero-order chi connectivity index (χ0) is 15.2. The summed E-state index contributed by atoms with van der Waals surface area (Å²) in [5.74, 6) is 1.13. The Morgan fingerprint density at radius 3 is 2.62 bits per heavy atom. The van der Waals surface area contributed by atoms with Gasteiger partial charge >= 0.3 is 0 Å². The number of rotatable bonds is 5. The van der Waals surface area contributed by atoms with Gasteiger partial charge in [-0.2, -0.15) is 0 Å². The van der Waals surface area contributed by atoms with Crippen LogP contribution >= 0.6 is 0 Å². The van der Waals surface area contributed by atoms with Crippen LogP contribution < -0.4 is 10.1 Å². The second kappa shape index (κ2) is 6.93. The Morgan fingerprint density at radius 2 is 1.90 bits per heavy atom. The fourth-order valence-electron chi connectivity index (χ4n) is 1.95. The zero-order valence-electron chi connectivity index (χ0n) is 12.7. The van der Waals surface area contributed by atoms with Gasteiger partial charge in [-0.1, -0.05) is 38.1 Å². The Morgan fingerprint density at radius 1 is 1.14 bits per heavy atom. The van der Waals surface area contributed by atoms with Gasteiger partial charge in [-0.3, -0.25) is 4.79 Å². The first-order valence-electron chi connectivity index (χ1n) is 7.16. The zero-order valence-corrected chi connectivity index (χ0v) is 12.7. The molecule has 110 valence electrons. The molecule has 2 rings (SSSR count). The van der Waals surface area contributed by atoms with Crippen molar-refractivity contribution in [2.24, 2.45) is 5.92 Å². The van der Waals surface area contributed by atoms with Crippen LogP contribution in [0.1, 0.15) is 29.8 Å². The number of anilines is 1. The largest absolute Gasteiger partial charge is 0.493 e. The third-order valence-electron chi connectivity index (χ3n) is 3.06. The van der Waals surface area contributed by atoms with E-state index in [1.807, 2.05) is 55.5 Å². The Hall–Kier alpha value is -2.29. The monoisotopic (exact) mass is 283 g/mol. The number of hydrogen-bond acceptors (Lipinski definition) is 2. The minimum absolute atomic E-state index is 0.103. The minimum Gasteiger partial charge on any atom is -0.493 e. The molecule has 0 aromatic heterocycles. The smallest absolute Gasteiger partial charge is 0.255 e. The molecule has 21 heavy (non-hydrogen) atoms. The molecule has 0 spiro atoms. The number of ether oxygens (including phenoxy) is 1. The van der Waals surface area contributed by atoms with Crippen molar-refractivity contribution in [2.75, 3.05) is 11.9 Å². The average molecular weight is 283 g/mol. The van der Waals surface area contributed by atoms with Crippen LogP contribution in [0.3, 0.4) is 0 Å². The molecule has 0 heterocycles. The van der Waals surface area contributed by atoms with E-state index in [1.165, 1.54) is 0 Å². The maximum Gasteiger partial charge on any atom is 0.255 e. The van der Waals surface area contributed by atoms with Crippen molar-refractivity contribution in [2.45, 2.75) is 20.8 Å². The third kappa shape index (κ3) is 4.35. The second-order valence-electron chi connectivity index (χ2n) is 5.50. The lowest BCUT2D eigenvalue weighted by atomic mass is 10.1. The van der Waals surface area contributed by atoms with Crippen LogP contribution in [0.25, 0.3) is 0 Å². The summed E-state index contributed by atoms with van der Waals surface area (Å²) in [4.78, 5) is 12.3. The molecule has 2 aromatic carbocycles. The van der Waals surface area contributed by atoms with Gasteiger partial charge < -0.3 is 10.1 Å². The maximum absolute atomic E-state index is 12.3. The van der Waals surface area contributed by atoms with E-state index in [9.17, 15) is 4.79 Å². The van der Waals surface area contributed by atoms with Gasteiger partial charge in [-0.05, 0) is 36.6 Å². The maximum atomic E-state index is 12.3. The Kier molecular flexibility index (Phi) is 4.99. The number of benzene rings is 2. The molecule has 0 saturated carbocycles. The van der Waals surface area contributed by atoms with Crippen molar-refractivity contribution < 1.29 is 9.53 Å². The van der Waals surface area contributed by atoms with Crippen LogP contribution in [0.15, 0.2) is 48.5 Å². The first kappa shape index (κ1) is 15.1. The third-order valence-corrected chi connectivity index (χ3v) is 3.06. The SMILES string of the molecule is Cc1ccccc1C(=O)Nc1cccc(OCC(C)C)c1. The summed E-state index contributed by atoms with van der Waals surface area (Å²) in [7, 11) is 0. The summed E-state index contributed by atoms with van der Waals surface area (Å²) in [6.07, 6.45) is 0. The van der Waals surface area contributed by atoms with Gasteiger partial charge in [0.05, 0.1) is 6.61 Å². The van der Waals surface area contributed by atoms with Crippen LogP contribution in [-0.2, 0) is 0 Å². The highest BCUT2D eigenvalue weighted by Gasteiger charge is 2.09. The molecule has 0 aliphatic rings. The predicted octanol–water partition coefficient (Wildman–Crippen LogP) is 4.28. The van der Waals surface area contributed by atoms with Gasteiger partial charge in [0.2, 0.25) is 0 Å². The highest BCUT2D eigenvalue weighted by Crippen LogP contribution is 2.19. The molecular formula is C18H21NO2. The van der Waals surface area contributed by atoms with Crippen molar-refractivity contribution in [3.8, 4) is 5.75 Å². The number of carbonyl (C=O) groups is 1. The normalized spacial score (nSPS) is 10.5. The van der Waals surface area contributed by atoms with Gasteiger partial charge in [0.25, 0.3) is 5.91 Å². The molecule has 1 amide bonds. The van der Waals surface area contributed by atoms with Gasteiger partial charge in [-0.15, -0.1) is 0 Å². The fraction of sp³-hybridized carbons (Fsp3) is 0.278. The van der Waals surface area contributed by atoms with Crippen molar-refractivity contribution in [1.29, 1.82) is 0 Å². The molecular weight excluding hydrogens is 262 g/mol. The van der Waals surface area contributed by atoms with Crippen LogP contribution in [0.5, 0.6) is 5.75 Å². The summed E-state index contributed by atoms with van der Waals surface area (Å²) in [6.45, 7) is 6.79. The van der Waals surface area contributed by atoms with E-state index >= 15 is 0 Å². The van der Waals surface area contributed by atoms with Crippen LogP contribution in [0.4, 0.5) is 5.69 Å². The van der Waals surface area contributed by atoms with E-state index in [0.717, 1.165) is 17.0 Å². The van der Waals surface area contributed by atoms with E-state index in [1.54, 1.807) is 0 Å². The Labute approximate surface area is 126 Å². The molecule has 0 fully saturated rings. The van der Waals surface area contributed by atoms with Crippen molar-refractivity contribution in [1.82, 2.24) is 0 Å². The number of hydrogen-bond donors (Lipinski definition) is 1. The topological polar surface area (TPSA) is 38.3 Å². The molecule has 0 aliphatic carbocycles. The van der Waals surface area contributed by atoms with Gasteiger partial charge in [0.15, 0.2) is 0 Å². The number of nitrogens with one attached hydrogen (secondary N) is 1. The predicted molar refractivity (Wildman–Crippen MR) is 85.9 cm³/mol. The average Bonchev–Trinajstić information content (AvgIpc) is 2.46. The van der Waals surface area contributed by atoms with Crippen LogP contribution in [0.2, 0.25) is 0 Å². The summed E-state index contributed by atoms with van der Waals surface area (Å²) in [5, 5.41) is 2.91. The minimum atomic E-state index is -0.103. The van der Waals surface area contributed by atoms with Crippen LogP contribution in [0, 0.1) is 12.8 Å². The standard InChI is InChI=1S/C18H21NO2/c1-13(2)12-21-16-9-6-8-15(11-16)19-18(20)17-10-5-4-7-14(17)3/h4-11,13H,12H2,1-3H3,(H,19,20). The Balaban J connectivity index is 2.07. The molecule has 0 saturated heterocycles. The summed E-state index contributed by atoms with van der Waals surface area (Å²) >= 11 is 0. The second-order valence-corrected chi connectivity index (χ2v) is 5.50. The van der Waals surface area contributed by atoms with E-state index < -0.39 is 0 Å². The van der Waals surface area contributed by atoms with Gasteiger partial charge in [-0.25, -0.2) is 0 Å². The van der Waals surface area contributed by atoms with Crippen molar-refractivity contribution in [3.63, 3.8) is 0 Å². The van der Waals surface area contributed by atoms with Gasteiger partial charge in [0, 0.05) is 17.3 Å². The molecule has 0 bridgehead atoms. The van der Waals surface area contributed by atoms with Gasteiger partial charge in [0.1, 0.15) is 5.75 Å². The number of aryl methyl sites for hydroxylation is 1. The molecule has 2 aromatic rings. The summed E-state index contributed by atoms with van der Waals surface area (Å²) in [5.41, 5.74) is 2.39.